The second-order valence-electron chi connectivity index (χ2n) is 6.75. The molecule has 1 amide bonds. The third-order valence-electron chi connectivity index (χ3n) is 4.48. The lowest BCUT2D eigenvalue weighted by atomic mass is 10.2. The SMILES string of the molecule is COc1ccccc1N[C@@H](C)C(=O)NN=Cc1ccccc1OCc1ccc(Br)cc1. The molecule has 3 aromatic rings. The van der Waals surface area contributed by atoms with Crippen molar-refractivity contribution in [3.05, 3.63) is 88.4 Å². The molecule has 7 heteroatoms. The van der Waals surface area contributed by atoms with Crippen molar-refractivity contribution < 1.29 is 14.3 Å². The predicted octanol–water partition coefficient (Wildman–Crippen LogP) is 4.99. The van der Waals surface area contributed by atoms with Gasteiger partial charge in [0, 0.05) is 10.0 Å². The first-order valence-electron chi connectivity index (χ1n) is 9.75. The van der Waals surface area contributed by atoms with E-state index >= 15 is 0 Å². The Bertz CT molecular complexity index is 1040. The molecular formula is C24H24BrN3O3. The molecule has 0 aliphatic rings. The third-order valence-corrected chi connectivity index (χ3v) is 5.01. The highest BCUT2D eigenvalue weighted by Gasteiger charge is 2.13. The Morgan fingerprint density at radius 1 is 1.03 bits per heavy atom. The summed E-state index contributed by atoms with van der Waals surface area (Å²) in [6, 6.07) is 22.4. The zero-order valence-electron chi connectivity index (χ0n) is 17.3. The Labute approximate surface area is 190 Å². The van der Waals surface area contributed by atoms with E-state index in [9.17, 15) is 4.79 Å². The van der Waals surface area contributed by atoms with Crippen LogP contribution in [0.1, 0.15) is 18.1 Å². The van der Waals surface area contributed by atoms with Crippen LogP contribution in [-0.2, 0) is 11.4 Å². The van der Waals surface area contributed by atoms with Crippen LogP contribution in [0, 0.1) is 0 Å². The van der Waals surface area contributed by atoms with E-state index in [-0.39, 0.29) is 5.91 Å². The summed E-state index contributed by atoms with van der Waals surface area (Å²) < 4.78 is 12.2. The Morgan fingerprint density at radius 2 is 1.71 bits per heavy atom. The topological polar surface area (TPSA) is 72.0 Å². The van der Waals surface area contributed by atoms with Crippen LogP contribution in [0.4, 0.5) is 5.69 Å². The van der Waals surface area contributed by atoms with Crippen LogP contribution in [0.2, 0.25) is 0 Å². The molecule has 0 saturated heterocycles. The van der Waals surface area contributed by atoms with Crippen LogP contribution in [-0.4, -0.2) is 25.3 Å². The zero-order chi connectivity index (χ0) is 22.1. The summed E-state index contributed by atoms with van der Waals surface area (Å²) >= 11 is 3.43. The molecular weight excluding hydrogens is 458 g/mol. The quantitative estimate of drug-likeness (QED) is 0.333. The number of nitrogens with one attached hydrogen (secondary N) is 2. The van der Waals surface area contributed by atoms with Crippen LogP contribution in [0.25, 0.3) is 0 Å². The number of anilines is 1. The maximum Gasteiger partial charge on any atom is 0.262 e. The first kappa shape index (κ1) is 22.4. The van der Waals surface area contributed by atoms with E-state index in [0.717, 1.165) is 21.3 Å². The molecule has 31 heavy (non-hydrogen) atoms. The molecule has 0 spiro atoms. The summed E-state index contributed by atoms with van der Waals surface area (Å²) in [6.07, 6.45) is 1.57. The summed E-state index contributed by atoms with van der Waals surface area (Å²) in [7, 11) is 1.59. The van der Waals surface area contributed by atoms with Gasteiger partial charge in [-0.3, -0.25) is 4.79 Å². The summed E-state index contributed by atoms with van der Waals surface area (Å²) in [5, 5.41) is 7.22. The number of hydrazone groups is 1. The minimum atomic E-state index is -0.502. The van der Waals surface area contributed by atoms with Gasteiger partial charge in [0.2, 0.25) is 0 Å². The molecule has 2 N–H and O–H groups in total. The molecule has 0 heterocycles. The molecule has 0 aliphatic heterocycles. The summed E-state index contributed by atoms with van der Waals surface area (Å²) in [6.45, 7) is 2.19. The highest BCUT2D eigenvalue weighted by Crippen LogP contribution is 2.23. The maximum absolute atomic E-state index is 12.4. The standard InChI is InChI=1S/C24H24BrN3O3/c1-17(27-21-8-4-6-10-23(21)30-2)24(29)28-26-15-19-7-3-5-9-22(19)31-16-18-11-13-20(25)14-12-18/h3-15,17,27H,16H2,1-2H3,(H,28,29)/t17-/m0/s1. The number of rotatable bonds is 9. The molecule has 3 rings (SSSR count). The number of amides is 1. The van der Waals surface area contributed by atoms with Crippen molar-refractivity contribution in [2.24, 2.45) is 5.10 Å². The van der Waals surface area contributed by atoms with Crippen LogP contribution in [0.3, 0.4) is 0 Å². The Morgan fingerprint density at radius 3 is 2.45 bits per heavy atom. The summed E-state index contributed by atoms with van der Waals surface area (Å²) in [4.78, 5) is 12.4. The molecule has 1 atom stereocenters. The average molecular weight is 482 g/mol. The van der Waals surface area contributed by atoms with Gasteiger partial charge in [0.05, 0.1) is 19.0 Å². The van der Waals surface area contributed by atoms with Crippen LogP contribution in [0.5, 0.6) is 11.5 Å². The van der Waals surface area contributed by atoms with Crippen LogP contribution in [0.15, 0.2) is 82.4 Å². The first-order valence-corrected chi connectivity index (χ1v) is 10.5. The van der Waals surface area contributed by atoms with Gasteiger partial charge in [-0.1, -0.05) is 52.3 Å². The molecule has 160 valence electrons. The Balaban J connectivity index is 1.57. The number of hydrogen-bond donors (Lipinski definition) is 2. The Hall–Kier alpha value is -3.32. The monoisotopic (exact) mass is 481 g/mol. The minimum absolute atomic E-state index is 0.268. The van der Waals surface area contributed by atoms with E-state index < -0.39 is 6.04 Å². The average Bonchev–Trinajstić information content (AvgIpc) is 2.79. The largest absolute Gasteiger partial charge is 0.495 e. The van der Waals surface area contributed by atoms with Crippen molar-refractivity contribution in [1.82, 2.24) is 5.43 Å². The summed E-state index contributed by atoms with van der Waals surface area (Å²) in [5.74, 6) is 1.08. The van der Waals surface area contributed by atoms with Gasteiger partial charge in [0.1, 0.15) is 24.1 Å². The lowest BCUT2D eigenvalue weighted by molar-refractivity contribution is -0.121. The first-order chi connectivity index (χ1) is 15.1. The molecule has 6 nitrogen and oxygen atoms in total. The van der Waals surface area contributed by atoms with E-state index in [1.165, 1.54) is 0 Å². The highest BCUT2D eigenvalue weighted by molar-refractivity contribution is 9.10. The second-order valence-corrected chi connectivity index (χ2v) is 7.67. The van der Waals surface area contributed by atoms with Gasteiger partial charge in [0.15, 0.2) is 0 Å². The maximum atomic E-state index is 12.4. The third kappa shape index (κ3) is 6.58. The van der Waals surface area contributed by atoms with Crippen LogP contribution >= 0.6 is 15.9 Å². The normalized spacial score (nSPS) is 11.7. The number of ether oxygens (including phenoxy) is 2. The smallest absolute Gasteiger partial charge is 0.262 e. The van der Waals surface area contributed by atoms with Crippen LogP contribution < -0.4 is 20.2 Å². The molecule has 0 radical (unpaired) electrons. The predicted molar refractivity (Wildman–Crippen MR) is 127 cm³/mol. The van der Waals surface area contributed by atoms with E-state index in [0.29, 0.717) is 18.1 Å². The van der Waals surface area contributed by atoms with Gasteiger partial charge >= 0.3 is 0 Å². The molecule has 0 fully saturated rings. The number of para-hydroxylation sites is 3. The van der Waals surface area contributed by atoms with Crippen molar-refractivity contribution >= 4 is 33.7 Å². The van der Waals surface area contributed by atoms with Crippen molar-refractivity contribution in [3.8, 4) is 11.5 Å². The number of halogens is 1. The lowest BCUT2D eigenvalue weighted by Crippen LogP contribution is -2.35. The van der Waals surface area contributed by atoms with Crippen molar-refractivity contribution in [1.29, 1.82) is 0 Å². The zero-order valence-corrected chi connectivity index (χ0v) is 18.9. The summed E-state index contributed by atoms with van der Waals surface area (Å²) in [5.41, 5.74) is 5.13. The van der Waals surface area contributed by atoms with Gasteiger partial charge in [-0.15, -0.1) is 0 Å². The minimum Gasteiger partial charge on any atom is -0.495 e. The molecule has 0 bridgehead atoms. The fourth-order valence-electron chi connectivity index (χ4n) is 2.79. The number of nitrogens with zero attached hydrogens (tertiary/aromatic N) is 1. The highest BCUT2D eigenvalue weighted by atomic mass is 79.9. The van der Waals surface area contributed by atoms with Crippen molar-refractivity contribution in [3.63, 3.8) is 0 Å². The number of hydrogen-bond acceptors (Lipinski definition) is 5. The Kier molecular flexibility index (Phi) is 8.06. The van der Waals surface area contributed by atoms with Crippen molar-refractivity contribution in [2.45, 2.75) is 19.6 Å². The van der Waals surface area contributed by atoms with Crippen molar-refractivity contribution in [2.75, 3.05) is 12.4 Å². The molecule has 0 aromatic heterocycles. The number of benzene rings is 3. The molecule has 3 aromatic carbocycles. The van der Waals surface area contributed by atoms with Gasteiger partial charge in [0.25, 0.3) is 5.91 Å². The van der Waals surface area contributed by atoms with E-state index in [1.807, 2.05) is 72.8 Å². The molecule has 0 aliphatic carbocycles. The second kappa shape index (κ2) is 11.2. The fourth-order valence-corrected chi connectivity index (χ4v) is 3.05. The van der Waals surface area contributed by atoms with E-state index in [1.54, 1.807) is 20.2 Å². The molecule has 0 unspecified atom stereocenters. The number of carbonyl (C=O) groups excluding carboxylic acids is 1. The van der Waals surface area contributed by atoms with Gasteiger partial charge < -0.3 is 14.8 Å². The van der Waals surface area contributed by atoms with Gasteiger partial charge in [-0.25, -0.2) is 5.43 Å². The van der Waals surface area contributed by atoms with Gasteiger partial charge in [-0.2, -0.15) is 5.10 Å². The lowest BCUT2D eigenvalue weighted by Gasteiger charge is -2.15. The van der Waals surface area contributed by atoms with E-state index in [4.69, 9.17) is 9.47 Å². The number of carbonyl (C=O) groups is 1. The molecule has 0 saturated carbocycles. The van der Waals surface area contributed by atoms with Gasteiger partial charge in [-0.05, 0) is 48.9 Å². The number of methoxy groups -OCH3 is 1. The fraction of sp³-hybridized carbons (Fsp3) is 0.167. The van der Waals surface area contributed by atoms with E-state index in [2.05, 4.69) is 31.8 Å².